The number of aliphatic carboxylic acids is 1. The van der Waals surface area contributed by atoms with Gasteiger partial charge in [-0.25, -0.2) is 0 Å². The zero-order valence-electron chi connectivity index (χ0n) is 9.98. The molecule has 0 saturated carbocycles. The van der Waals surface area contributed by atoms with E-state index in [0.29, 0.717) is 6.42 Å². The highest BCUT2D eigenvalue weighted by Gasteiger charge is 2.32. The van der Waals surface area contributed by atoms with Crippen LogP contribution in [0.25, 0.3) is 0 Å². The molecule has 94 valence electrons. The third kappa shape index (κ3) is 3.02. The molecule has 0 aliphatic heterocycles. The fourth-order valence-corrected chi connectivity index (χ4v) is 1.10. The van der Waals surface area contributed by atoms with E-state index < -0.39 is 17.3 Å². The van der Waals surface area contributed by atoms with Gasteiger partial charge in [-0.05, 0) is 13.3 Å². The molecule has 2 N–H and O–H groups in total. The van der Waals surface area contributed by atoms with Crippen molar-refractivity contribution in [1.29, 1.82) is 0 Å². The lowest BCUT2D eigenvalue weighted by atomic mass is 9.88. The lowest BCUT2D eigenvalue weighted by Gasteiger charge is -2.22. The summed E-state index contributed by atoms with van der Waals surface area (Å²) in [4.78, 5) is 26.3. The van der Waals surface area contributed by atoms with Crippen molar-refractivity contribution in [3.63, 3.8) is 0 Å². The van der Waals surface area contributed by atoms with Crippen LogP contribution in [0.15, 0.2) is 4.52 Å². The Kier molecular flexibility index (Phi) is 3.82. The summed E-state index contributed by atoms with van der Waals surface area (Å²) >= 11 is 0. The molecule has 0 saturated heterocycles. The van der Waals surface area contributed by atoms with Gasteiger partial charge in [0.15, 0.2) is 0 Å². The van der Waals surface area contributed by atoms with Gasteiger partial charge in [-0.1, -0.05) is 12.1 Å². The molecule has 0 radical (unpaired) electrons. The lowest BCUT2D eigenvalue weighted by molar-refractivity contribution is -0.147. The van der Waals surface area contributed by atoms with E-state index in [1.807, 2.05) is 0 Å². The summed E-state index contributed by atoms with van der Waals surface area (Å²) in [7, 11) is 0. The van der Waals surface area contributed by atoms with E-state index in [0.717, 1.165) is 0 Å². The maximum atomic E-state index is 11.6. The number of carboxylic acid groups (broad SMARTS) is 1. The molecule has 0 aromatic carbocycles. The molecule has 1 rings (SSSR count). The summed E-state index contributed by atoms with van der Waals surface area (Å²) in [5.74, 6) is -1.30. The van der Waals surface area contributed by atoms with Crippen molar-refractivity contribution in [2.45, 2.75) is 27.2 Å². The minimum absolute atomic E-state index is 0.0191. The van der Waals surface area contributed by atoms with Crippen LogP contribution in [0.1, 0.15) is 36.8 Å². The number of aromatic nitrogens is 2. The zero-order valence-corrected chi connectivity index (χ0v) is 9.98. The first-order valence-electron chi connectivity index (χ1n) is 5.21. The van der Waals surface area contributed by atoms with Crippen molar-refractivity contribution in [2.75, 3.05) is 6.54 Å². The molecular formula is C10H15N3O4. The summed E-state index contributed by atoms with van der Waals surface area (Å²) in [5, 5.41) is 14.9. The van der Waals surface area contributed by atoms with E-state index in [9.17, 15) is 9.59 Å². The van der Waals surface area contributed by atoms with Crippen molar-refractivity contribution in [3.05, 3.63) is 11.7 Å². The molecule has 7 nitrogen and oxygen atoms in total. The van der Waals surface area contributed by atoms with Crippen LogP contribution in [-0.4, -0.2) is 33.7 Å². The van der Waals surface area contributed by atoms with E-state index in [4.69, 9.17) is 5.11 Å². The van der Waals surface area contributed by atoms with Gasteiger partial charge in [0.1, 0.15) is 0 Å². The van der Waals surface area contributed by atoms with Gasteiger partial charge in [0, 0.05) is 13.5 Å². The minimum Gasteiger partial charge on any atom is -0.481 e. The van der Waals surface area contributed by atoms with Crippen LogP contribution < -0.4 is 5.32 Å². The number of amides is 1. The standard InChI is InChI=1S/C10H15N3O4/c1-4-10(3,9(15)16)5-11-8(14)7-12-6(2)17-13-7/h4-5H2,1-3H3,(H,11,14)(H,15,16). The summed E-state index contributed by atoms with van der Waals surface area (Å²) < 4.78 is 4.65. The Bertz CT molecular complexity index is 429. The third-order valence-corrected chi connectivity index (χ3v) is 2.67. The van der Waals surface area contributed by atoms with Crippen LogP contribution in [0.5, 0.6) is 0 Å². The first kappa shape index (κ1) is 13.1. The molecule has 1 heterocycles. The van der Waals surface area contributed by atoms with E-state index >= 15 is 0 Å². The second kappa shape index (κ2) is 4.94. The quantitative estimate of drug-likeness (QED) is 0.782. The molecule has 1 amide bonds. The summed E-state index contributed by atoms with van der Waals surface area (Å²) in [5.41, 5.74) is -0.992. The molecule has 1 aromatic heterocycles. The number of carbonyl (C=O) groups is 2. The topological polar surface area (TPSA) is 105 Å². The normalized spacial score (nSPS) is 14.1. The summed E-state index contributed by atoms with van der Waals surface area (Å²) in [6.07, 6.45) is 0.411. The van der Waals surface area contributed by atoms with Crippen LogP contribution in [0.2, 0.25) is 0 Å². The van der Waals surface area contributed by atoms with Gasteiger partial charge >= 0.3 is 5.97 Å². The van der Waals surface area contributed by atoms with Crippen LogP contribution in [0.3, 0.4) is 0 Å². The molecule has 0 fully saturated rings. The largest absolute Gasteiger partial charge is 0.481 e. The highest BCUT2D eigenvalue weighted by Crippen LogP contribution is 2.19. The van der Waals surface area contributed by atoms with Crippen molar-refractivity contribution in [2.24, 2.45) is 5.41 Å². The van der Waals surface area contributed by atoms with Crippen LogP contribution in [0.4, 0.5) is 0 Å². The average molecular weight is 241 g/mol. The molecule has 7 heteroatoms. The molecule has 0 aliphatic rings. The molecule has 1 aromatic rings. The van der Waals surface area contributed by atoms with Crippen molar-refractivity contribution in [3.8, 4) is 0 Å². The number of aryl methyl sites for hydroxylation is 1. The van der Waals surface area contributed by atoms with Crippen LogP contribution in [0, 0.1) is 12.3 Å². The van der Waals surface area contributed by atoms with E-state index in [1.54, 1.807) is 20.8 Å². The van der Waals surface area contributed by atoms with Crippen molar-refractivity contribution < 1.29 is 19.2 Å². The molecule has 17 heavy (non-hydrogen) atoms. The number of nitrogens with one attached hydrogen (secondary N) is 1. The Morgan fingerprint density at radius 1 is 1.53 bits per heavy atom. The molecule has 1 atom stereocenters. The van der Waals surface area contributed by atoms with Gasteiger partial charge in [-0.2, -0.15) is 4.98 Å². The SMILES string of the molecule is CCC(C)(CNC(=O)c1noc(C)n1)C(=O)O. The predicted molar refractivity (Wildman–Crippen MR) is 57.4 cm³/mol. The Labute approximate surface area is 98.2 Å². The van der Waals surface area contributed by atoms with Crippen LogP contribution in [-0.2, 0) is 4.79 Å². The molecule has 0 bridgehead atoms. The number of rotatable bonds is 5. The third-order valence-electron chi connectivity index (χ3n) is 2.67. The lowest BCUT2D eigenvalue weighted by Crippen LogP contribution is -2.40. The molecule has 1 unspecified atom stereocenters. The molecular weight excluding hydrogens is 226 g/mol. The molecule has 0 aliphatic carbocycles. The van der Waals surface area contributed by atoms with E-state index in [1.165, 1.54) is 0 Å². The number of hydrogen-bond acceptors (Lipinski definition) is 5. The summed E-state index contributed by atoms with van der Waals surface area (Å²) in [6, 6.07) is 0. The number of carbonyl (C=O) groups excluding carboxylic acids is 1. The van der Waals surface area contributed by atoms with Gasteiger partial charge < -0.3 is 14.9 Å². The first-order valence-corrected chi connectivity index (χ1v) is 5.21. The highest BCUT2D eigenvalue weighted by atomic mass is 16.5. The molecule has 0 spiro atoms. The van der Waals surface area contributed by atoms with E-state index in [-0.39, 0.29) is 18.3 Å². The average Bonchev–Trinajstić information content (AvgIpc) is 2.72. The number of carboxylic acids is 1. The Hall–Kier alpha value is -1.92. The zero-order chi connectivity index (χ0) is 13.1. The summed E-state index contributed by atoms with van der Waals surface area (Å²) in [6.45, 7) is 4.90. The maximum Gasteiger partial charge on any atom is 0.311 e. The van der Waals surface area contributed by atoms with Crippen molar-refractivity contribution in [1.82, 2.24) is 15.5 Å². The minimum atomic E-state index is -0.992. The first-order chi connectivity index (χ1) is 7.89. The van der Waals surface area contributed by atoms with Crippen molar-refractivity contribution >= 4 is 11.9 Å². The van der Waals surface area contributed by atoms with Crippen LogP contribution >= 0.6 is 0 Å². The monoisotopic (exact) mass is 241 g/mol. The Morgan fingerprint density at radius 3 is 2.59 bits per heavy atom. The second-order valence-electron chi connectivity index (χ2n) is 4.04. The maximum absolute atomic E-state index is 11.6. The number of nitrogens with zero attached hydrogens (tertiary/aromatic N) is 2. The van der Waals surface area contributed by atoms with Gasteiger partial charge in [0.05, 0.1) is 5.41 Å². The Morgan fingerprint density at radius 2 is 2.18 bits per heavy atom. The fourth-order valence-electron chi connectivity index (χ4n) is 1.10. The van der Waals surface area contributed by atoms with Gasteiger partial charge in [0.2, 0.25) is 5.89 Å². The smallest absolute Gasteiger partial charge is 0.311 e. The van der Waals surface area contributed by atoms with Gasteiger partial charge in [-0.15, -0.1) is 0 Å². The van der Waals surface area contributed by atoms with Gasteiger partial charge in [-0.3, -0.25) is 9.59 Å². The highest BCUT2D eigenvalue weighted by molar-refractivity contribution is 5.90. The fraction of sp³-hybridized carbons (Fsp3) is 0.600. The number of hydrogen-bond donors (Lipinski definition) is 2. The van der Waals surface area contributed by atoms with Gasteiger partial charge in [0.25, 0.3) is 11.7 Å². The predicted octanol–water partition coefficient (Wildman–Crippen LogP) is 0.609. The second-order valence-corrected chi connectivity index (χ2v) is 4.04. The Balaban J connectivity index is 2.62. The van der Waals surface area contributed by atoms with E-state index in [2.05, 4.69) is 20.0 Å².